The molecule has 176 valence electrons. The fourth-order valence-electron chi connectivity index (χ4n) is 2.43. The largest absolute Gasteiger partial charge is 0.394 e. The second-order valence-corrected chi connectivity index (χ2v) is 9.17. The van der Waals surface area contributed by atoms with Crippen LogP contribution in [0.4, 0.5) is 14.6 Å². The predicted octanol–water partition coefficient (Wildman–Crippen LogP) is 1.90. The van der Waals surface area contributed by atoms with Crippen LogP contribution in [-0.4, -0.2) is 71.5 Å². The van der Waals surface area contributed by atoms with Crippen LogP contribution in [0.15, 0.2) is 33.0 Å². The molecule has 4 N–H and O–H groups in total. The summed E-state index contributed by atoms with van der Waals surface area (Å²) in [5.74, 6) is -1.83. The number of nitrogens with zero attached hydrogens (tertiary/aromatic N) is 2. The van der Waals surface area contributed by atoms with Crippen molar-refractivity contribution in [3.8, 4) is 0 Å². The van der Waals surface area contributed by atoms with E-state index in [0.717, 1.165) is 29.6 Å². The van der Waals surface area contributed by atoms with Gasteiger partial charge in [0.2, 0.25) is 5.91 Å². The molecule has 12 heteroatoms. The topological polar surface area (TPSA) is 110 Å². The van der Waals surface area contributed by atoms with Gasteiger partial charge in [-0.1, -0.05) is 23.9 Å². The molecule has 1 atom stereocenters. The molecule has 0 spiro atoms. The summed E-state index contributed by atoms with van der Waals surface area (Å²) in [5, 5.41) is 15.3. The number of aromatic nitrogens is 2. The Hall–Kier alpha value is -2.15. The maximum absolute atomic E-state index is 13.9. The molecule has 0 saturated heterocycles. The summed E-state index contributed by atoms with van der Waals surface area (Å²) in [4.78, 5) is 33.9. The van der Waals surface area contributed by atoms with Crippen molar-refractivity contribution in [1.82, 2.24) is 20.2 Å². The van der Waals surface area contributed by atoms with E-state index in [4.69, 9.17) is 0 Å². The lowest BCUT2D eigenvalue weighted by molar-refractivity contribution is -0.118. The molecule has 1 amide bonds. The number of halogens is 2. The minimum Gasteiger partial charge on any atom is -0.394 e. The van der Waals surface area contributed by atoms with Crippen LogP contribution in [0.5, 0.6) is 0 Å². The van der Waals surface area contributed by atoms with E-state index < -0.39 is 23.2 Å². The predicted molar refractivity (Wildman–Crippen MR) is 123 cm³/mol. The molecule has 1 aromatic carbocycles. The lowest BCUT2D eigenvalue weighted by Crippen LogP contribution is -2.32. The normalized spacial score (nSPS) is 12.1. The minimum atomic E-state index is -0.945. The van der Waals surface area contributed by atoms with Gasteiger partial charge in [0.25, 0.3) is 5.56 Å². The Labute approximate surface area is 193 Å². The number of hydrogen-bond donors (Lipinski definition) is 4. The van der Waals surface area contributed by atoms with E-state index in [1.165, 1.54) is 12.1 Å². The van der Waals surface area contributed by atoms with E-state index in [0.29, 0.717) is 13.1 Å². The average molecular weight is 488 g/mol. The number of carbonyl (C=O) groups excluding carboxylic acids is 1. The van der Waals surface area contributed by atoms with Gasteiger partial charge in [0, 0.05) is 30.4 Å². The molecule has 0 aliphatic rings. The van der Waals surface area contributed by atoms with Crippen LogP contribution in [0.2, 0.25) is 0 Å². The lowest BCUT2D eigenvalue weighted by atomic mass is 10.2. The molecule has 0 aliphatic heterocycles. The molecule has 0 unspecified atom stereocenters. The number of aromatic amines is 1. The van der Waals surface area contributed by atoms with Crippen LogP contribution in [0.25, 0.3) is 0 Å². The van der Waals surface area contributed by atoms with Gasteiger partial charge in [-0.3, -0.25) is 9.59 Å². The number of benzene rings is 1. The maximum atomic E-state index is 13.9. The van der Waals surface area contributed by atoms with E-state index in [1.54, 1.807) is 6.92 Å². The molecule has 0 radical (unpaired) electrons. The molecule has 2 rings (SSSR count). The summed E-state index contributed by atoms with van der Waals surface area (Å²) >= 11 is 2.06. The number of H-pyrrole nitrogens is 1. The van der Waals surface area contributed by atoms with Gasteiger partial charge in [0.15, 0.2) is 16.8 Å². The van der Waals surface area contributed by atoms with Gasteiger partial charge in [0.1, 0.15) is 10.7 Å². The molecular formula is C20H27F2N5O3S2. The van der Waals surface area contributed by atoms with Gasteiger partial charge in [-0.25, -0.2) is 13.8 Å². The summed E-state index contributed by atoms with van der Waals surface area (Å²) in [7, 11) is 3.79. The van der Waals surface area contributed by atoms with E-state index in [2.05, 4.69) is 20.6 Å². The monoisotopic (exact) mass is 487 g/mol. The number of aliphatic hydroxyl groups is 1. The Morgan fingerprint density at radius 2 is 2.06 bits per heavy atom. The van der Waals surface area contributed by atoms with Crippen molar-refractivity contribution in [1.29, 1.82) is 0 Å². The molecule has 1 aromatic heterocycles. The number of anilines is 1. The number of aliphatic hydroxyl groups excluding tert-OH is 1. The zero-order chi connectivity index (χ0) is 23.7. The third-order valence-electron chi connectivity index (χ3n) is 4.14. The van der Waals surface area contributed by atoms with Gasteiger partial charge < -0.3 is 25.6 Å². The van der Waals surface area contributed by atoms with Crippen LogP contribution in [0.1, 0.15) is 12.5 Å². The highest BCUT2D eigenvalue weighted by atomic mass is 32.2. The van der Waals surface area contributed by atoms with Crippen LogP contribution < -0.4 is 16.2 Å². The zero-order valence-electron chi connectivity index (χ0n) is 18.1. The first-order chi connectivity index (χ1) is 15.2. The third kappa shape index (κ3) is 8.08. The van der Waals surface area contributed by atoms with Crippen LogP contribution in [0.3, 0.4) is 0 Å². The Kier molecular flexibility index (Phi) is 10.4. The Morgan fingerprint density at radius 3 is 2.75 bits per heavy atom. The number of nitrogens with one attached hydrogen (secondary N) is 3. The molecule has 0 saturated carbocycles. The second kappa shape index (κ2) is 12.8. The van der Waals surface area contributed by atoms with Crippen molar-refractivity contribution >= 4 is 35.2 Å². The second-order valence-electron chi connectivity index (χ2n) is 7.22. The van der Waals surface area contributed by atoms with Crippen molar-refractivity contribution in [2.45, 2.75) is 28.8 Å². The number of thioether (sulfide) groups is 2. The van der Waals surface area contributed by atoms with Crippen LogP contribution >= 0.6 is 23.5 Å². The molecule has 0 aliphatic carbocycles. The number of amides is 1. The molecule has 32 heavy (non-hydrogen) atoms. The van der Waals surface area contributed by atoms with Gasteiger partial charge in [0.05, 0.1) is 12.4 Å². The summed E-state index contributed by atoms with van der Waals surface area (Å²) in [6.45, 7) is 2.69. The summed E-state index contributed by atoms with van der Waals surface area (Å²) in [6.07, 6.45) is 0. The SMILES string of the molecule is C[C@H](CO)Nc1nc(SCc2cccc(F)c2F)[nH]c(=O)c1SCC(=O)NCCN(C)C. The van der Waals surface area contributed by atoms with Crippen molar-refractivity contribution < 1.29 is 18.7 Å². The first-order valence-corrected chi connectivity index (χ1v) is 11.8. The zero-order valence-corrected chi connectivity index (χ0v) is 19.7. The molecule has 2 aromatic rings. The smallest absolute Gasteiger partial charge is 0.267 e. The van der Waals surface area contributed by atoms with Gasteiger partial charge >= 0.3 is 0 Å². The summed E-state index contributed by atoms with van der Waals surface area (Å²) in [5.41, 5.74) is -0.329. The highest BCUT2D eigenvalue weighted by Gasteiger charge is 2.17. The summed E-state index contributed by atoms with van der Waals surface area (Å²) < 4.78 is 27.3. The Morgan fingerprint density at radius 1 is 1.31 bits per heavy atom. The first kappa shape index (κ1) is 26.1. The molecule has 1 heterocycles. The Bertz CT molecular complexity index is 975. The third-order valence-corrected chi connectivity index (χ3v) is 6.13. The molecule has 0 fully saturated rings. The Balaban J connectivity index is 2.14. The highest BCUT2D eigenvalue weighted by molar-refractivity contribution is 8.00. The van der Waals surface area contributed by atoms with Crippen molar-refractivity contribution in [3.63, 3.8) is 0 Å². The van der Waals surface area contributed by atoms with Gasteiger partial charge in [-0.15, -0.1) is 11.8 Å². The number of rotatable bonds is 12. The lowest BCUT2D eigenvalue weighted by Gasteiger charge is -2.15. The quantitative estimate of drug-likeness (QED) is 0.266. The van der Waals surface area contributed by atoms with E-state index >= 15 is 0 Å². The number of carbonyl (C=O) groups is 1. The minimum absolute atomic E-state index is 0.0152. The fraction of sp³-hybridized carbons (Fsp3) is 0.450. The van der Waals surface area contributed by atoms with Crippen LogP contribution in [0, 0.1) is 11.6 Å². The van der Waals surface area contributed by atoms with Gasteiger partial charge in [-0.05, 0) is 27.1 Å². The fourth-order valence-corrected chi connectivity index (χ4v) is 4.07. The molecule has 0 bridgehead atoms. The van der Waals surface area contributed by atoms with Crippen LogP contribution in [-0.2, 0) is 10.5 Å². The van der Waals surface area contributed by atoms with E-state index in [9.17, 15) is 23.5 Å². The maximum Gasteiger partial charge on any atom is 0.267 e. The van der Waals surface area contributed by atoms with Crippen molar-refractivity contribution in [2.75, 3.05) is 44.9 Å². The number of hydrogen-bond acceptors (Lipinski definition) is 8. The molecule has 8 nitrogen and oxygen atoms in total. The highest BCUT2D eigenvalue weighted by Crippen LogP contribution is 2.27. The average Bonchev–Trinajstić information content (AvgIpc) is 2.73. The van der Waals surface area contributed by atoms with Crippen molar-refractivity contribution in [2.24, 2.45) is 0 Å². The standard InChI is InChI=1S/C20H27F2N5O3S2/c1-12(9-28)24-18-17(31-11-15(29)23-7-8-27(2)3)19(30)26-20(25-18)32-10-13-5-4-6-14(21)16(13)22/h4-6,12,28H,7-11H2,1-3H3,(H,23,29)(H2,24,25,26,30)/t12-/m1/s1. The van der Waals surface area contributed by atoms with Crippen molar-refractivity contribution in [3.05, 3.63) is 45.8 Å². The first-order valence-electron chi connectivity index (χ1n) is 9.82. The molecular weight excluding hydrogens is 460 g/mol. The number of likely N-dealkylation sites (N-methyl/N-ethyl adjacent to an activating group) is 1. The van der Waals surface area contributed by atoms with E-state index in [1.807, 2.05) is 19.0 Å². The van der Waals surface area contributed by atoms with Gasteiger partial charge in [-0.2, -0.15) is 0 Å². The summed E-state index contributed by atoms with van der Waals surface area (Å²) in [6, 6.07) is 3.50. The van der Waals surface area contributed by atoms with E-state index in [-0.39, 0.29) is 45.5 Å².